The number of hydrogen-bond donors (Lipinski definition) is 1. The minimum Gasteiger partial charge on any atom is -0.378 e. The van der Waals surface area contributed by atoms with Crippen LogP contribution in [0.3, 0.4) is 0 Å². The van der Waals surface area contributed by atoms with Crippen molar-refractivity contribution in [1.82, 2.24) is 15.0 Å². The van der Waals surface area contributed by atoms with Crippen LogP contribution in [0.25, 0.3) is 0 Å². The van der Waals surface area contributed by atoms with Gasteiger partial charge in [0.15, 0.2) is 0 Å². The molecule has 2 heterocycles. The van der Waals surface area contributed by atoms with Gasteiger partial charge in [0.05, 0.1) is 13.2 Å². The van der Waals surface area contributed by atoms with E-state index >= 15 is 0 Å². The van der Waals surface area contributed by atoms with Crippen LogP contribution in [0.1, 0.15) is 20.8 Å². The average molecular weight is 280 g/mol. The van der Waals surface area contributed by atoms with Crippen molar-refractivity contribution in [2.45, 2.75) is 26.8 Å². The fourth-order valence-electron chi connectivity index (χ4n) is 2.24. The number of nitrogens with one attached hydrogen (secondary N) is 1. The van der Waals surface area contributed by atoms with Gasteiger partial charge in [-0.2, -0.15) is 15.0 Å². The molecule has 1 fully saturated rings. The van der Waals surface area contributed by atoms with Gasteiger partial charge in [-0.05, 0) is 20.8 Å². The van der Waals surface area contributed by atoms with E-state index in [1.165, 1.54) is 0 Å². The summed E-state index contributed by atoms with van der Waals surface area (Å²) in [4.78, 5) is 17.9. The standard InChI is InChI=1S/C13H24N6O/c1-5-19(10(2)3)13-16-11(14-4)15-12(17-13)18-6-8-20-9-7-18/h10H,5-9H2,1-4H3,(H,14,15,16,17). The van der Waals surface area contributed by atoms with Gasteiger partial charge < -0.3 is 19.9 Å². The summed E-state index contributed by atoms with van der Waals surface area (Å²) in [6, 6.07) is 0.352. The molecule has 0 bridgehead atoms. The van der Waals surface area contributed by atoms with Gasteiger partial charge in [0.2, 0.25) is 17.8 Å². The Labute approximate surface area is 120 Å². The van der Waals surface area contributed by atoms with Crippen molar-refractivity contribution in [2.24, 2.45) is 0 Å². The molecule has 1 N–H and O–H groups in total. The van der Waals surface area contributed by atoms with Crippen molar-refractivity contribution in [3.63, 3.8) is 0 Å². The normalized spacial score (nSPS) is 15.6. The van der Waals surface area contributed by atoms with Crippen molar-refractivity contribution in [3.05, 3.63) is 0 Å². The molecule has 0 radical (unpaired) electrons. The van der Waals surface area contributed by atoms with E-state index in [-0.39, 0.29) is 0 Å². The number of nitrogens with zero attached hydrogens (tertiary/aromatic N) is 5. The molecule has 7 heteroatoms. The largest absolute Gasteiger partial charge is 0.378 e. The molecule has 0 amide bonds. The molecule has 0 aliphatic carbocycles. The van der Waals surface area contributed by atoms with E-state index in [9.17, 15) is 0 Å². The van der Waals surface area contributed by atoms with Crippen molar-refractivity contribution in [1.29, 1.82) is 0 Å². The molecule has 1 aromatic rings. The molecule has 1 aromatic heterocycles. The van der Waals surface area contributed by atoms with E-state index < -0.39 is 0 Å². The number of ether oxygens (including phenoxy) is 1. The van der Waals surface area contributed by atoms with Crippen LogP contribution in [0.15, 0.2) is 0 Å². The Morgan fingerprint density at radius 1 is 1.25 bits per heavy atom. The molecule has 0 unspecified atom stereocenters. The molecule has 0 saturated carbocycles. The van der Waals surface area contributed by atoms with E-state index in [2.05, 4.69) is 50.8 Å². The van der Waals surface area contributed by atoms with Crippen LogP contribution in [-0.2, 0) is 4.74 Å². The van der Waals surface area contributed by atoms with Crippen molar-refractivity contribution < 1.29 is 4.74 Å². The van der Waals surface area contributed by atoms with Gasteiger partial charge in [-0.3, -0.25) is 0 Å². The van der Waals surface area contributed by atoms with E-state index in [1.54, 1.807) is 0 Å². The minimum atomic E-state index is 0.352. The minimum absolute atomic E-state index is 0.352. The highest BCUT2D eigenvalue weighted by molar-refractivity contribution is 5.45. The molecule has 2 rings (SSSR count). The molecule has 1 aliphatic rings. The maximum atomic E-state index is 5.38. The van der Waals surface area contributed by atoms with Crippen LogP contribution < -0.4 is 15.1 Å². The van der Waals surface area contributed by atoms with Gasteiger partial charge in [-0.25, -0.2) is 0 Å². The third-order valence-electron chi connectivity index (χ3n) is 3.35. The predicted molar refractivity (Wildman–Crippen MR) is 80.6 cm³/mol. The number of aromatic nitrogens is 3. The Morgan fingerprint density at radius 3 is 2.50 bits per heavy atom. The van der Waals surface area contributed by atoms with Gasteiger partial charge >= 0.3 is 0 Å². The van der Waals surface area contributed by atoms with Crippen LogP contribution in [0.4, 0.5) is 17.8 Å². The molecule has 0 spiro atoms. The highest BCUT2D eigenvalue weighted by Crippen LogP contribution is 2.18. The lowest BCUT2D eigenvalue weighted by atomic mass is 10.3. The van der Waals surface area contributed by atoms with Crippen molar-refractivity contribution >= 4 is 17.8 Å². The molecule has 1 aliphatic heterocycles. The first-order valence-electron chi connectivity index (χ1n) is 7.18. The lowest BCUT2D eigenvalue weighted by Crippen LogP contribution is -2.38. The average Bonchev–Trinajstić information content (AvgIpc) is 2.48. The smallest absolute Gasteiger partial charge is 0.232 e. The quantitative estimate of drug-likeness (QED) is 0.862. The summed E-state index contributed by atoms with van der Waals surface area (Å²) in [6.07, 6.45) is 0. The summed E-state index contributed by atoms with van der Waals surface area (Å²) in [7, 11) is 1.83. The van der Waals surface area contributed by atoms with E-state index in [0.717, 1.165) is 44.7 Å². The lowest BCUT2D eigenvalue weighted by molar-refractivity contribution is 0.122. The van der Waals surface area contributed by atoms with Crippen LogP contribution in [-0.4, -0.2) is 60.9 Å². The van der Waals surface area contributed by atoms with Gasteiger partial charge in [-0.1, -0.05) is 0 Å². The highest BCUT2D eigenvalue weighted by Gasteiger charge is 2.19. The zero-order chi connectivity index (χ0) is 14.5. The van der Waals surface area contributed by atoms with Crippen molar-refractivity contribution in [2.75, 3.05) is 55.0 Å². The second-order valence-corrected chi connectivity index (χ2v) is 4.99. The zero-order valence-electron chi connectivity index (χ0n) is 12.8. The lowest BCUT2D eigenvalue weighted by Gasteiger charge is -2.29. The fraction of sp³-hybridized carbons (Fsp3) is 0.769. The first-order valence-corrected chi connectivity index (χ1v) is 7.18. The van der Waals surface area contributed by atoms with E-state index in [0.29, 0.717) is 12.0 Å². The SMILES string of the molecule is CCN(c1nc(NC)nc(N2CCOCC2)n1)C(C)C. The maximum Gasteiger partial charge on any atom is 0.232 e. The summed E-state index contributed by atoms with van der Waals surface area (Å²) in [6.45, 7) is 10.3. The highest BCUT2D eigenvalue weighted by atomic mass is 16.5. The fourth-order valence-corrected chi connectivity index (χ4v) is 2.24. The topological polar surface area (TPSA) is 66.4 Å². The first-order chi connectivity index (χ1) is 9.65. The van der Waals surface area contributed by atoms with Crippen LogP contribution in [0.5, 0.6) is 0 Å². The van der Waals surface area contributed by atoms with Crippen molar-refractivity contribution in [3.8, 4) is 0 Å². The summed E-state index contributed by atoms with van der Waals surface area (Å²) in [5, 5.41) is 3.02. The zero-order valence-corrected chi connectivity index (χ0v) is 12.8. The Balaban J connectivity index is 2.32. The summed E-state index contributed by atoms with van der Waals surface area (Å²) in [5.74, 6) is 2.06. The number of morpholine rings is 1. The summed E-state index contributed by atoms with van der Waals surface area (Å²) >= 11 is 0. The third kappa shape index (κ3) is 3.27. The Hall–Kier alpha value is -1.63. The second-order valence-electron chi connectivity index (χ2n) is 4.99. The summed E-state index contributed by atoms with van der Waals surface area (Å²) in [5.41, 5.74) is 0. The molecule has 7 nitrogen and oxygen atoms in total. The Morgan fingerprint density at radius 2 is 1.95 bits per heavy atom. The number of hydrogen-bond acceptors (Lipinski definition) is 7. The molecule has 0 atom stereocenters. The van der Waals surface area contributed by atoms with E-state index in [1.807, 2.05) is 7.05 Å². The summed E-state index contributed by atoms with van der Waals surface area (Å²) < 4.78 is 5.38. The van der Waals surface area contributed by atoms with Gasteiger partial charge in [0, 0.05) is 32.7 Å². The van der Waals surface area contributed by atoms with E-state index in [4.69, 9.17) is 4.74 Å². The Bertz CT molecular complexity index is 433. The first kappa shape index (κ1) is 14.8. The van der Waals surface area contributed by atoms with Gasteiger partial charge in [0.25, 0.3) is 0 Å². The number of rotatable bonds is 5. The van der Waals surface area contributed by atoms with Gasteiger partial charge in [0.1, 0.15) is 0 Å². The maximum absolute atomic E-state index is 5.38. The molecule has 20 heavy (non-hydrogen) atoms. The van der Waals surface area contributed by atoms with Crippen LogP contribution in [0, 0.1) is 0 Å². The van der Waals surface area contributed by atoms with Crippen LogP contribution >= 0.6 is 0 Å². The monoisotopic (exact) mass is 280 g/mol. The molecule has 1 saturated heterocycles. The van der Waals surface area contributed by atoms with Gasteiger partial charge in [-0.15, -0.1) is 0 Å². The molecule has 112 valence electrons. The Kier molecular flexibility index (Phi) is 4.94. The predicted octanol–water partition coefficient (Wildman–Crippen LogP) is 0.985. The molecule has 0 aromatic carbocycles. The molecular weight excluding hydrogens is 256 g/mol. The third-order valence-corrected chi connectivity index (χ3v) is 3.35. The second kappa shape index (κ2) is 6.69. The molecular formula is C13H24N6O. The number of anilines is 3. The van der Waals surface area contributed by atoms with Crippen LogP contribution in [0.2, 0.25) is 0 Å².